The van der Waals surface area contributed by atoms with Crippen molar-refractivity contribution in [2.75, 3.05) is 5.32 Å². The SMILES string of the molecule is O=CNc1cccc(CCc2ccc(CO)cc2)c1. The lowest BCUT2D eigenvalue weighted by Gasteiger charge is -2.05. The van der Waals surface area contributed by atoms with Gasteiger partial charge in [0.25, 0.3) is 0 Å². The smallest absolute Gasteiger partial charge is 0.211 e. The molecule has 0 heterocycles. The molecule has 2 N–H and O–H groups in total. The molecule has 1 amide bonds. The van der Waals surface area contributed by atoms with E-state index in [1.807, 2.05) is 42.5 Å². The standard InChI is InChI=1S/C16H17NO2/c18-11-15-8-5-13(6-9-15)4-7-14-2-1-3-16(10-14)17-12-19/h1-3,5-6,8-10,12,18H,4,7,11H2,(H,17,19). The Morgan fingerprint density at radius 3 is 2.32 bits per heavy atom. The molecular formula is C16H17NO2. The quantitative estimate of drug-likeness (QED) is 0.779. The van der Waals surface area contributed by atoms with Gasteiger partial charge in [-0.15, -0.1) is 0 Å². The second kappa shape index (κ2) is 6.71. The van der Waals surface area contributed by atoms with Gasteiger partial charge in [0.2, 0.25) is 6.41 Å². The maximum absolute atomic E-state index is 10.4. The van der Waals surface area contributed by atoms with Crippen molar-refractivity contribution in [2.45, 2.75) is 19.4 Å². The summed E-state index contributed by atoms with van der Waals surface area (Å²) in [6, 6.07) is 15.8. The van der Waals surface area contributed by atoms with E-state index >= 15 is 0 Å². The van der Waals surface area contributed by atoms with Gasteiger partial charge in [-0.2, -0.15) is 0 Å². The Labute approximate surface area is 112 Å². The fraction of sp³-hybridized carbons (Fsp3) is 0.188. The minimum atomic E-state index is 0.0830. The van der Waals surface area contributed by atoms with Gasteiger partial charge in [0, 0.05) is 5.69 Å². The Bertz CT molecular complexity index is 535. The van der Waals surface area contributed by atoms with Crippen LogP contribution in [0.25, 0.3) is 0 Å². The first-order valence-electron chi connectivity index (χ1n) is 6.29. The monoisotopic (exact) mass is 255 g/mol. The highest BCUT2D eigenvalue weighted by atomic mass is 16.3. The van der Waals surface area contributed by atoms with E-state index < -0.39 is 0 Å². The zero-order chi connectivity index (χ0) is 13.5. The van der Waals surface area contributed by atoms with E-state index in [4.69, 9.17) is 5.11 Å². The van der Waals surface area contributed by atoms with E-state index in [1.54, 1.807) is 0 Å². The highest BCUT2D eigenvalue weighted by Gasteiger charge is 1.98. The van der Waals surface area contributed by atoms with Crippen LogP contribution in [0.3, 0.4) is 0 Å². The summed E-state index contributed by atoms with van der Waals surface area (Å²) in [7, 11) is 0. The lowest BCUT2D eigenvalue weighted by Crippen LogP contribution is -1.96. The number of hydrogen-bond acceptors (Lipinski definition) is 2. The average Bonchev–Trinajstić information content (AvgIpc) is 2.46. The highest BCUT2D eigenvalue weighted by Crippen LogP contribution is 2.13. The van der Waals surface area contributed by atoms with Crippen molar-refractivity contribution >= 4 is 12.1 Å². The molecule has 0 atom stereocenters. The predicted octanol–water partition coefficient (Wildman–Crippen LogP) is 2.53. The first-order chi connectivity index (χ1) is 9.31. The van der Waals surface area contributed by atoms with Crippen LogP contribution in [0, 0.1) is 0 Å². The molecule has 0 aliphatic carbocycles. The van der Waals surface area contributed by atoms with Crippen molar-refractivity contribution in [1.29, 1.82) is 0 Å². The number of carbonyl (C=O) groups excluding carboxylic acids is 1. The zero-order valence-electron chi connectivity index (χ0n) is 10.7. The summed E-state index contributed by atoms with van der Waals surface area (Å²) in [6.07, 6.45) is 2.55. The van der Waals surface area contributed by atoms with Crippen LogP contribution in [0.2, 0.25) is 0 Å². The van der Waals surface area contributed by atoms with E-state index in [-0.39, 0.29) is 6.61 Å². The summed E-state index contributed by atoms with van der Waals surface area (Å²) < 4.78 is 0. The number of aliphatic hydroxyl groups excluding tert-OH is 1. The number of carbonyl (C=O) groups is 1. The Kier molecular flexibility index (Phi) is 4.70. The van der Waals surface area contributed by atoms with E-state index in [2.05, 4.69) is 11.4 Å². The Morgan fingerprint density at radius 2 is 1.63 bits per heavy atom. The maximum atomic E-state index is 10.4. The van der Waals surface area contributed by atoms with Crippen LogP contribution in [-0.2, 0) is 24.2 Å². The van der Waals surface area contributed by atoms with Crippen molar-refractivity contribution in [1.82, 2.24) is 0 Å². The molecule has 2 rings (SSSR count). The van der Waals surface area contributed by atoms with E-state index in [9.17, 15) is 4.79 Å². The predicted molar refractivity (Wildman–Crippen MR) is 75.9 cm³/mol. The molecule has 98 valence electrons. The van der Waals surface area contributed by atoms with E-state index in [0.717, 1.165) is 24.1 Å². The molecule has 0 aromatic heterocycles. The zero-order valence-corrected chi connectivity index (χ0v) is 10.7. The van der Waals surface area contributed by atoms with Gasteiger partial charge in [-0.05, 0) is 41.7 Å². The van der Waals surface area contributed by atoms with Crippen molar-refractivity contribution in [3.8, 4) is 0 Å². The number of aliphatic hydroxyl groups is 1. The molecule has 0 bridgehead atoms. The number of aryl methyl sites for hydroxylation is 2. The second-order valence-corrected chi connectivity index (χ2v) is 4.44. The first kappa shape index (κ1) is 13.3. The summed E-state index contributed by atoms with van der Waals surface area (Å²) in [6.45, 7) is 0.0830. The number of benzene rings is 2. The van der Waals surface area contributed by atoms with Crippen LogP contribution in [0.1, 0.15) is 16.7 Å². The normalized spacial score (nSPS) is 10.2. The molecule has 0 radical (unpaired) electrons. The third-order valence-corrected chi connectivity index (χ3v) is 3.06. The van der Waals surface area contributed by atoms with Gasteiger partial charge in [-0.1, -0.05) is 36.4 Å². The van der Waals surface area contributed by atoms with Crippen molar-refractivity contribution in [2.24, 2.45) is 0 Å². The summed E-state index contributed by atoms with van der Waals surface area (Å²) >= 11 is 0. The van der Waals surface area contributed by atoms with Crippen LogP contribution in [0.15, 0.2) is 48.5 Å². The number of anilines is 1. The first-order valence-corrected chi connectivity index (χ1v) is 6.29. The van der Waals surface area contributed by atoms with E-state index in [1.165, 1.54) is 11.1 Å². The van der Waals surface area contributed by atoms with Crippen molar-refractivity contribution < 1.29 is 9.90 Å². The molecule has 2 aromatic carbocycles. The lowest BCUT2D eigenvalue weighted by molar-refractivity contribution is -0.105. The van der Waals surface area contributed by atoms with Crippen LogP contribution in [0.4, 0.5) is 5.69 Å². The van der Waals surface area contributed by atoms with E-state index in [0.29, 0.717) is 6.41 Å². The van der Waals surface area contributed by atoms with Crippen LogP contribution in [0.5, 0.6) is 0 Å². The number of hydrogen-bond donors (Lipinski definition) is 2. The second-order valence-electron chi connectivity index (χ2n) is 4.44. The highest BCUT2D eigenvalue weighted by molar-refractivity contribution is 5.71. The van der Waals surface area contributed by atoms with Gasteiger partial charge in [0.05, 0.1) is 6.61 Å². The fourth-order valence-electron chi connectivity index (χ4n) is 1.98. The molecule has 3 nitrogen and oxygen atoms in total. The van der Waals surface area contributed by atoms with Gasteiger partial charge < -0.3 is 10.4 Å². The molecule has 0 saturated carbocycles. The number of amides is 1. The Hall–Kier alpha value is -2.13. The van der Waals surface area contributed by atoms with Crippen LogP contribution >= 0.6 is 0 Å². The third kappa shape index (κ3) is 3.93. The molecule has 2 aromatic rings. The summed E-state index contributed by atoms with van der Waals surface area (Å²) in [5, 5.41) is 11.6. The minimum absolute atomic E-state index is 0.0830. The minimum Gasteiger partial charge on any atom is -0.392 e. The number of nitrogens with one attached hydrogen (secondary N) is 1. The maximum Gasteiger partial charge on any atom is 0.211 e. The largest absolute Gasteiger partial charge is 0.392 e. The van der Waals surface area contributed by atoms with Gasteiger partial charge in [0.1, 0.15) is 0 Å². The third-order valence-electron chi connectivity index (χ3n) is 3.06. The molecule has 19 heavy (non-hydrogen) atoms. The average molecular weight is 255 g/mol. The summed E-state index contributed by atoms with van der Waals surface area (Å²) in [5.74, 6) is 0. The molecule has 0 aliphatic rings. The van der Waals surface area contributed by atoms with Gasteiger partial charge >= 0.3 is 0 Å². The molecule has 0 saturated heterocycles. The molecule has 3 heteroatoms. The molecule has 0 spiro atoms. The van der Waals surface area contributed by atoms with Gasteiger partial charge in [0.15, 0.2) is 0 Å². The van der Waals surface area contributed by atoms with Crippen molar-refractivity contribution in [3.05, 3.63) is 65.2 Å². The Morgan fingerprint density at radius 1 is 0.947 bits per heavy atom. The molecule has 0 unspecified atom stereocenters. The fourth-order valence-corrected chi connectivity index (χ4v) is 1.98. The van der Waals surface area contributed by atoms with Gasteiger partial charge in [-0.25, -0.2) is 0 Å². The number of rotatable bonds is 6. The summed E-state index contributed by atoms with van der Waals surface area (Å²) in [5.41, 5.74) is 4.19. The van der Waals surface area contributed by atoms with Crippen LogP contribution in [-0.4, -0.2) is 11.5 Å². The summed E-state index contributed by atoms with van der Waals surface area (Å²) in [4.78, 5) is 10.4. The lowest BCUT2D eigenvalue weighted by atomic mass is 10.0. The topological polar surface area (TPSA) is 49.3 Å². The van der Waals surface area contributed by atoms with Gasteiger partial charge in [-0.3, -0.25) is 4.79 Å². The molecular weight excluding hydrogens is 238 g/mol. The Balaban J connectivity index is 1.97. The molecule has 0 fully saturated rings. The molecule has 0 aliphatic heterocycles. The van der Waals surface area contributed by atoms with Crippen molar-refractivity contribution in [3.63, 3.8) is 0 Å². The van der Waals surface area contributed by atoms with Crippen LogP contribution < -0.4 is 5.32 Å².